The first-order valence-electron chi connectivity index (χ1n) is 7.06. The summed E-state index contributed by atoms with van der Waals surface area (Å²) in [6, 6.07) is -0.504. The maximum absolute atomic E-state index is 11.9. The van der Waals surface area contributed by atoms with Gasteiger partial charge in [-0.15, -0.1) is 0 Å². The van der Waals surface area contributed by atoms with E-state index in [0.29, 0.717) is 0 Å². The van der Waals surface area contributed by atoms with Gasteiger partial charge in [-0.1, -0.05) is 34.8 Å². The van der Waals surface area contributed by atoms with Crippen LogP contribution in [0.3, 0.4) is 0 Å². The van der Waals surface area contributed by atoms with Gasteiger partial charge in [-0.2, -0.15) is 0 Å². The fraction of sp³-hybridized carbons (Fsp3) is 0.923. The second-order valence-electron chi connectivity index (χ2n) is 5.87. The number of hydrogen-bond acceptors (Lipinski definition) is 6. The second kappa shape index (κ2) is 7.07. The van der Waals surface area contributed by atoms with Crippen LogP contribution < -0.4 is 5.32 Å². The van der Waals surface area contributed by atoms with E-state index in [2.05, 4.69) is 5.32 Å². The lowest BCUT2D eigenvalue weighted by atomic mass is 9.97. The maximum atomic E-state index is 11.9. The van der Waals surface area contributed by atoms with Gasteiger partial charge in [0.1, 0.15) is 18.8 Å². The molecule has 0 bridgehead atoms. The number of halogens is 3. The zero-order valence-electron chi connectivity index (χ0n) is 13.2. The normalized spacial score (nSPS) is 36.4. The van der Waals surface area contributed by atoms with E-state index in [4.69, 9.17) is 58.5 Å². The molecule has 2 heterocycles. The quantitative estimate of drug-likeness (QED) is 0.743. The molecule has 0 aromatic rings. The van der Waals surface area contributed by atoms with Gasteiger partial charge in [-0.3, -0.25) is 0 Å². The molecule has 2 rings (SSSR count). The van der Waals surface area contributed by atoms with Crippen LogP contribution in [0.4, 0.5) is 4.79 Å². The van der Waals surface area contributed by atoms with Crippen LogP contribution in [-0.2, 0) is 23.7 Å². The van der Waals surface area contributed by atoms with E-state index in [-0.39, 0.29) is 12.7 Å². The lowest BCUT2D eigenvalue weighted by Crippen LogP contribution is -2.62. The zero-order valence-corrected chi connectivity index (χ0v) is 15.4. The van der Waals surface area contributed by atoms with Gasteiger partial charge in [0, 0.05) is 7.11 Å². The van der Waals surface area contributed by atoms with E-state index in [1.807, 2.05) is 0 Å². The summed E-state index contributed by atoms with van der Waals surface area (Å²) < 4.78 is 25.9. The fourth-order valence-corrected chi connectivity index (χ4v) is 2.82. The highest BCUT2D eigenvalue weighted by Gasteiger charge is 2.55. The van der Waals surface area contributed by atoms with Gasteiger partial charge >= 0.3 is 6.09 Å². The maximum Gasteiger partial charge on any atom is 0.407 e. The zero-order chi connectivity index (χ0) is 17.4. The summed E-state index contributed by atoms with van der Waals surface area (Å²) in [5.41, 5.74) is 0. The van der Waals surface area contributed by atoms with Crippen LogP contribution in [0.1, 0.15) is 20.8 Å². The summed E-state index contributed by atoms with van der Waals surface area (Å²) in [4.78, 5) is 11.9. The molecule has 0 unspecified atom stereocenters. The molecule has 0 aromatic heterocycles. The Morgan fingerprint density at radius 2 is 1.87 bits per heavy atom. The van der Waals surface area contributed by atoms with Crippen LogP contribution in [0.25, 0.3) is 0 Å². The van der Waals surface area contributed by atoms with Crippen molar-refractivity contribution in [3.63, 3.8) is 0 Å². The third kappa shape index (κ3) is 4.98. The molecule has 1 amide bonds. The minimum Gasteiger partial charge on any atom is -0.445 e. The lowest BCUT2D eigenvalue weighted by molar-refractivity contribution is -0.244. The van der Waals surface area contributed by atoms with Gasteiger partial charge in [-0.05, 0) is 20.8 Å². The van der Waals surface area contributed by atoms with Crippen molar-refractivity contribution in [2.24, 2.45) is 0 Å². The Hall–Kier alpha value is -0.0200. The molecule has 7 nitrogen and oxygen atoms in total. The number of alkyl halides is 3. The molecule has 1 N–H and O–H groups in total. The van der Waals surface area contributed by atoms with E-state index in [1.165, 1.54) is 7.11 Å². The molecule has 0 aliphatic carbocycles. The SMILES string of the molecule is CO[C@@H]1O[C@@H](C)[C@@H](NC(=O)OCC(Cl)(Cl)Cl)[C@H]2OC(C)(C)O[C@@H]12. The van der Waals surface area contributed by atoms with Gasteiger partial charge in [0.25, 0.3) is 0 Å². The van der Waals surface area contributed by atoms with Crippen LogP contribution in [0.15, 0.2) is 0 Å². The number of carbonyl (C=O) groups is 1. The fourth-order valence-electron chi connectivity index (χ4n) is 2.66. The van der Waals surface area contributed by atoms with Gasteiger partial charge < -0.3 is 29.0 Å². The largest absolute Gasteiger partial charge is 0.445 e. The summed E-state index contributed by atoms with van der Waals surface area (Å²) >= 11 is 16.7. The summed E-state index contributed by atoms with van der Waals surface area (Å²) in [5, 5.41) is 2.67. The molecule has 0 radical (unpaired) electrons. The molecule has 0 saturated carbocycles. The number of alkyl carbamates (subject to hydrolysis) is 1. The lowest BCUT2D eigenvalue weighted by Gasteiger charge is -2.40. The topological polar surface area (TPSA) is 75.3 Å². The Morgan fingerprint density at radius 3 is 2.43 bits per heavy atom. The van der Waals surface area contributed by atoms with E-state index in [0.717, 1.165) is 0 Å². The van der Waals surface area contributed by atoms with Gasteiger partial charge in [-0.25, -0.2) is 4.79 Å². The third-order valence-corrected chi connectivity index (χ3v) is 3.85. The average Bonchev–Trinajstić information content (AvgIpc) is 2.74. The predicted octanol–water partition coefficient (Wildman–Crippen LogP) is 2.36. The van der Waals surface area contributed by atoms with Crippen molar-refractivity contribution in [2.45, 2.75) is 61.0 Å². The number of methoxy groups -OCH3 is 1. The summed E-state index contributed by atoms with van der Waals surface area (Å²) in [6.07, 6.45) is -2.66. The highest BCUT2D eigenvalue weighted by Crippen LogP contribution is 2.37. The Balaban J connectivity index is 2.04. The predicted molar refractivity (Wildman–Crippen MR) is 83.7 cm³/mol. The van der Waals surface area contributed by atoms with E-state index in [1.54, 1.807) is 20.8 Å². The average molecular weight is 393 g/mol. The van der Waals surface area contributed by atoms with Crippen molar-refractivity contribution in [1.82, 2.24) is 5.32 Å². The molecule has 0 spiro atoms. The van der Waals surface area contributed by atoms with Crippen molar-refractivity contribution in [3.8, 4) is 0 Å². The number of carbonyl (C=O) groups excluding carboxylic acids is 1. The van der Waals surface area contributed by atoms with Crippen molar-refractivity contribution in [1.29, 1.82) is 0 Å². The molecular weight excluding hydrogens is 373 g/mol. The van der Waals surface area contributed by atoms with E-state index < -0.39 is 40.2 Å². The Labute approximate surface area is 149 Å². The molecule has 2 fully saturated rings. The molecule has 0 aromatic carbocycles. The Kier molecular flexibility index (Phi) is 5.94. The Bertz CT molecular complexity index is 444. The minimum atomic E-state index is -1.68. The van der Waals surface area contributed by atoms with E-state index in [9.17, 15) is 4.79 Å². The van der Waals surface area contributed by atoms with Crippen molar-refractivity contribution >= 4 is 40.9 Å². The number of fused-ring (bicyclic) bond motifs is 1. The van der Waals surface area contributed by atoms with Crippen LogP contribution >= 0.6 is 34.8 Å². The van der Waals surface area contributed by atoms with Crippen LogP contribution in [0.5, 0.6) is 0 Å². The van der Waals surface area contributed by atoms with Crippen LogP contribution in [0.2, 0.25) is 0 Å². The number of rotatable bonds is 3. The van der Waals surface area contributed by atoms with Crippen LogP contribution in [-0.4, -0.2) is 60.0 Å². The Morgan fingerprint density at radius 1 is 1.26 bits per heavy atom. The third-order valence-electron chi connectivity index (χ3n) is 3.52. The van der Waals surface area contributed by atoms with Gasteiger partial charge in [0.05, 0.1) is 12.1 Å². The smallest absolute Gasteiger partial charge is 0.407 e. The molecule has 10 heteroatoms. The molecule has 134 valence electrons. The van der Waals surface area contributed by atoms with E-state index >= 15 is 0 Å². The molecular formula is C13H20Cl3NO6. The van der Waals surface area contributed by atoms with Crippen molar-refractivity contribution < 1.29 is 28.5 Å². The summed E-state index contributed by atoms with van der Waals surface area (Å²) in [6.45, 7) is 4.97. The number of amides is 1. The number of nitrogens with one attached hydrogen (secondary N) is 1. The molecule has 2 aliphatic heterocycles. The molecule has 5 atom stereocenters. The molecule has 2 aliphatic rings. The monoisotopic (exact) mass is 391 g/mol. The minimum absolute atomic E-state index is 0.372. The first-order chi connectivity index (χ1) is 10.5. The van der Waals surface area contributed by atoms with Crippen LogP contribution in [0, 0.1) is 0 Å². The summed E-state index contributed by atoms with van der Waals surface area (Å²) in [7, 11) is 1.52. The molecule has 2 saturated heterocycles. The summed E-state index contributed by atoms with van der Waals surface area (Å²) in [5.74, 6) is -0.819. The molecule has 23 heavy (non-hydrogen) atoms. The highest BCUT2D eigenvalue weighted by molar-refractivity contribution is 6.67. The first kappa shape index (κ1) is 19.3. The van der Waals surface area contributed by atoms with Crippen molar-refractivity contribution in [3.05, 3.63) is 0 Å². The number of hydrogen-bond donors (Lipinski definition) is 1. The first-order valence-corrected chi connectivity index (χ1v) is 8.20. The number of ether oxygens (including phenoxy) is 5. The van der Waals surface area contributed by atoms with Gasteiger partial charge in [0.15, 0.2) is 12.1 Å². The highest BCUT2D eigenvalue weighted by atomic mass is 35.6. The van der Waals surface area contributed by atoms with Crippen molar-refractivity contribution in [2.75, 3.05) is 13.7 Å². The standard InChI is InChI=1S/C13H20Cl3NO6/c1-6-7(17-11(18)20-5-13(14,15)16)8-9(10(19-4)21-6)23-12(2,3)22-8/h6-10H,5H2,1-4H3,(H,17,18)/t6-,7+,8+,9+,10+/m0/s1. The van der Waals surface area contributed by atoms with Gasteiger partial charge in [0.2, 0.25) is 3.79 Å². The second-order valence-corrected chi connectivity index (χ2v) is 8.39.